The highest BCUT2D eigenvalue weighted by atomic mass is 35.5. The Balaban J connectivity index is 1.30. The maximum Gasteiger partial charge on any atom is 0.303 e. The van der Waals surface area contributed by atoms with E-state index in [1.807, 2.05) is 115 Å². The summed E-state index contributed by atoms with van der Waals surface area (Å²) in [6, 6.07) is 49.3. The molecule has 58 heavy (non-hydrogen) atoms. The molecule has 6 aromatic rings. The van der Waals surface area contributed by atoms with Crippen molar-refractivity contribution in [2.45, 2.75) is 63.3 Å². The topological polar surface area (TPSA) is 97.4 Å². The molecule has 1 aliphatic heterocycles. The van der Waals surface area contributed by atoms with E-state index < -0.39 is 54.0 Å². The summed E-state index contributed by atoms with van der Waals surface area (Å²) < 4.78 is 31.9. The highest BCUT2D eigenvalue weighted by Gasteiger charge is 2.53. The fourth-order valence-corrected chi connectivity index (χ4v) is 8.82. The number of esters is 3. The van der Waals surface area contributed by atoms with E-state index in [4.69, 9.17) is 35.3 Å². The number of ether oxygens (including phenoxy) is 5. The van der Waals surface area contributed by atoms with Gasteiger partial charge in [0.15, 0.2) is 18.3 Å². The fourth-order valence-electron chi connectivity index (χ4n) is 7.60. The van der Waals surface area contributed by atoms with Crippen molar-refractivity contribution in [3.8, 4) is 10.4 Å². The Morgan fingerprint density at radius 2 is 1.12 bits per heavy atom. The van der Waals surface area contributed by atoms with Crippen LogP contribution in [0, 0.1) is 0 Å². The number of carbonyl (C=O) groups is 3. The average molecular weight is 815 g/mol. The summed E-state index contributed by atoms with van der Waals surface area (Å²) in [6.07, 6.45) is -5.18. The van der Waals surface area contributed by atoms with E-state index >= 15 is 0 Å². The van der Waals surface area contributed by atoms with Gasteiger partial charge in [-0.2, -0.15) is 0 Å². The molecule has 1 aliphatic rings. The van der Waals surface area contributed by atoms with Crippen LogP contribution in [0.3, 0.4) is 0 Å². The van der Waals surface area contributed by atoms with E-state index in [0.29, 0.717) is 17.0 Å². The largest absolute Gasteiger partial charge is 0.456 e. The molecule has 0 bridgehead atoms. The van der Waals surface area contributed by atoms with Gasteiger partial charge in [0.05, 0.1) is 6.61 Å². The second kappa shape index (κ2) is 18.3. The van der Waals surface area contributed by atoms with Gasteiger partial charge in [-0.3, -0.25) is 14.4 Å². The van der Waals surface area contributed by atoms with E-state index in [-0.39, 0.29) is 6.61 Å². The number of carbonyl (C=O) groups excluding carboxylic acids is 3. The summed E-state index contributed by atoms with van der Waals surface area (Å²) in [5, 5.41) is 0.547. The van der Waals surface area contributed by atoms with Gasteiger partial charge < -0.3 is 23.7 Å². The van der Waals surface area contributed by atoms with Crippen molar-refractivity contribution in [1.82, 2.24) is 0 Å². The molecule has 7 rings (SSSR count). The van der Waals surface area contributed by atoms with Crippen molar-refractivity contribution in [1.29, 1.82) is 0 Å². The van der Waals surface area contributed by atoms with Crippen LogP contribution in [0.25, 0.3) is 10.4 Å². The smallest absolute Gasteiger partial charge is 0.303 e. The molecule has 1 fully saturated rings. The first-order chi connectivity index (χ1) is 28.1. The third-order valence-corrected chi connectivity index (χ3v) is 11.5. The molecule has 0 aliphatic carbocycles. The van der Waals surface area contributed by atoms with Crippen molar-refractivity contribution in [3.05, 3.63) is 189 Å². The molecule has 0 N–H and O–H groups in total. The summed E-state index contributed by atoms with van der Waals surface area (Å²) in [5.74, 6) is -1.93. The van der Waals surface area contributed by atoms with Gasteiger partial charge in [0.1, 0.15) is 17.8 Å². The van der Waals surface area contributed by atoms with Gasteiger partial charge in [-0.15, -0.1) is 11.3 Å². The first-order valence-electron chi connectivity index (χ1n) is 19.0. The van der Waals surface area contributed by atoms with Crippen molar-refractivity contribution < 1.29 is 38.1 Å². The van der Waals surface area contributed by atoms with E-state index in [2.05, 4.69) is 24.3 Å². The molecule has 0 amide bonds. The Morgan fingerprint density at radius 3 is 1.66 bits per heavy atom. The van der Waals surface area contributed by atoms with Gasteiger partial charge in [-0.25, -0.2) is 0 Å². The van der Waals surface area contributed by atoms with Gasteiger partial charge in [-0.1, -0.05) is 145 Å². The van der Waals surface area contributed by atoms with Crippen LogP contribution in [0.2, 0.25) is 5.02 Å². The van der Waals surface area contributed by atoms with E-state index in [9.17, 15) is 14.4 Å². The fraction of sp³-hybridized carbons (Fsp3) is 0.229. The summed E-state index contributed by atoms with van der Waals surface area (Å²) in [4.78, 5) is 40.6. The molecule has 1 unspecified atom stereocenters. The first-order valence-corrected chi connectivity index (χ1v) is 20.2. The molecule has 0 radical (unpaired) electrons. The van der Waals surface area contributed by atoms with E-state index in [1.54, 1.807) is 23.5 Å². The summed E-state index contributed by atoms with van der Waals surface area (Å²) in [6.45, 7) is 3.63. The average Bonchev–Trinajstić information content (AvgIpc) is 3.70. The van der Waals surface area contributed by atoms with Crippen LogP contribution in [-0.2, 0) is 50.1 Å². The summed E-state index contributed by atoms with van der Waals surface area (Å²) in [7, 11) is 0. The number of thiophene rings is 1. The van der Waals surface area contributed by atoms with Gasteiger partial charge in [0, 0.05) is 42.0 Å². The number of hydrogen-bond donors (Lipinski definition) is 0. The SMILES string of the molecule is CC(=O)O[C@H]1[C@H](OC(C)=O)[C@@H](OC(C)=O)C(c2ccc(Cl)c(Cc3ccc(-c4ccccc4)s3)c2)O[C@@H]1COC(c1ccccc1)(c1ccccc1)c1ccccc1. The Kier molecular flexibility index (Phi) is 12.8. The lowest BCUT2D eigenvalue weighted by atomic mass is 9.80. The molecule has 0 spiro atoms. The molecule has 1 saturated heterocycles. The van der Waals surface area contributed by atoms with Crippen LogP contribution in [0.4, 0.5) is 0 Å². The lowest BCUT2D eigenvalue weighted by molar-refractivity contribution is -0.258. The Hall–Kier alpha value is -5.58. The maximum atomic E-state index is 12.8. The second-order valence-electron chi connectivity index (χ2n) is 14.1. The zero-order chi connectivity index (χ0) is 40.6. The van der Waals surface area contributed by atoms with Gasteiger partial charge in [0.2, 0.25) is 0 Å². The molecule has 0 saturated carbocycles. The zero-order valence-electron chi connectivity index (χ0n) is 32.3. The minimum atomic E-state index is -1.26. The molecule has 296 valence electrons. The number of rotatable bonds is 13. The summed E-state index contributed by atoms with van der Waals surface area (Å²) >= 11 is 8.52. The molecule has 5 aromatic carbocycles. The molecular weight excluding hydrogens is 772 g/mol. The van der Waals surface area contributed by atoms with Crippen LogP contribution in [0.5, 0.6) is 0 Å². The normalized spacial score (nSPS) is 19.2. The Bertz CT molecular complexity index is 2220. The maximum absolute atomic E-state index is 12.8. The molecular formula is C48H43ClO8S. The second-order valence-corrected chi connectivity index (χ2v) is 15.6. The lowest BCUT2D eigenvalue weighted by Crippen LogP contribution is -2.60. The Labute approximate surface area is 347 Å². The zero-order valence-corrected chi connectivity index (χ0v) is 33.9. The molecule has 10 heteroatoms. The van der Waals surface area contributed by atoms with E-state index in [1.165, 1.54) is 20.8 Å². The van der Waals surface area contributed by atoms with Gasteiger partial charge in [0.25, 0.3) is 0 Å². The number of benzene rings is 5. The molecule has 2 heterocycles. The van der Waals surface area contributed by atoms with Gasteiger partial charge >= 0.3 is 17.9 Å². The third-order valence-electron chi connectivity index (χ3n) is 10.0. The highest BCUT2D eigenvalue weighted by molar-refractivity contribution is 7.15. The lowest BCUT2D eigenvalue weighted by Gasteiger charge is -2.46. The monoisotopic (exact) mass is 814 g/mol. The van der Waals surface area contributed by atoms with E-state index in [0.717, 1.165) is 37.6 Å². The Morgan fingerprint density at radius 1 is 0.621 bits per heavy atom. The van der Waals surface area contributed by atoms with Crippen molar-refractivity contribution >= 4 is 40.8 Å². The van der Waals surface area contributed by atoms with Crippen molar-refractivity contribution in [3.63, 3.8) is 0 Å². The molecule has 1 aromatic heterocycles. The minimum absolute atomic E-state index is 0.143. The van der Waals surface area contributed by atoms with Crippen LogP contribution in [0.1, 0.15) is 59.6 Å². The predicted molar refractivity (Wildman–Crippen MR) is 223 cm³/mol. The minimum Gasteiger partial charge on any atom is -0.456 e. The highest BCUT2D eigenvalue weighted by Crippen LogP contribution is 2.44. The van der Waals surface area contributed by atoms with Gasteiger partial charge in [-0.05, 0) is 51.6 Å². The molecule has 5 atom stereocenters. The van der Waals surface area contributed by atoms with Crippen LogP contribution in [0.15, 0.2) is 152 Å². The van der Waals surface area contributed by atoms with Crippen LogP contribution < -0.4 is 0 Å². The summed E-state index contributed by atoms with van der Waals surface area (Å²) in [5.41, 5.74) is 3.97. The number of hydrogen-bond acceptors (Lipinski definition) is 9. The number of halogens is 1. The molecule has 8 nitrogen and oxygen atoms in total. The van der Waals surface area contributed by atoms with Crippen molar-refractivity contribution in [2.75, 3.05) is 6.61 Å². The van der Waals surface area contributed by atoms with Crippen molar-refractivity contribution in [2.24, 2.45) is 0 Å². The first kappa shape index (κ1) is 40.6. The third kappa shape index (κ3) is 9.09. The predicted octanol–water partition coefficient (Wildman–Crippen LogP) is 9.90. The quantitative estimate of drug-likeness (QED) is 0.0646. The van der Waals surface area contributed by atoms with Crippen LogP contribution >= 0.6 is 22.9 Å². The standard InChI is InChI=1S/C48H43ClO8S/c1-31(50)54-45-42(30-53-48(37-18-10-5-11-19-37,38-20-12-6-13-21-38)39-22-14-7-15-23-39)57-44(46(55-32(2)51)47(45)56-33(3)52)35-24-26-41(49)36(28-35)29-40-25-27-43(58-40)34-16-8-4-9-17-34/h4-28,42,44-47H,29-30H2,1-3H3/t42-,44?,45-,46+,47+/m1/s1. The van der Waals surface area contributed by atoms with Crippen LogP contribution in [-0.4, -0.2) is 48.9 Å².